The predicted molar refractivity (Wildman–Crippen MR) is 218 cm³/mol. The monoisotopic (exact) mass is 811 g/mol. The number of pyridine rings is 2. The summed E-state index contributed by atoms with van der Waals surface area (Å²) in [5.74, 6) is -3.68. The van der Waals surface area contributed by atoms with E-state index < -0.39 is 72.3 Å². The van der Waals surface area contributed by atoms with Crippen molar-refractivity contribution in [1.82, 2.24) is 36.1 Å². The summed E-state index contributed by atoms with van der Waals surface area (Å²) in [7, 11) is 0. The molecule has 4 atom stereocenters. The molecule has 3 aromatic rings. The molecular weight excluding hydrogens is 755 g/mol. The van der Waals surface area contributed by atoms with E-state index in [0.717, 1.165) is 37.7 Å². The zero-order valence-corrected chi connectivity index (χ0v) is 34.1. The maximum Gasteiger partial charge on any atom is 0.407 e. The molecule has 4 N–H and O–H groups in total. The molecule has 0 bridgehead atoms. The molecule has 1 aromatic carbocycles. The van der Waals surface area contributed by atoms with Gasteiger partial charge < -0.3 is 35.6 Å². The average molecular weight is 812 g/mol. The summed E-state index contributed by atoms with van der Waals surface area (Å²) in [6.45, 7) is 5.64. The van der Waals surface area contributed by atoms with Gasteiger partial charge in [-0.15, -0.1) is 0 Å². The molecule has 2 aliphatic rings. The van der Waals surface area contributed by atoms with E-state index in [2.05, 4.69) is 31.2 Å². The number of nitrogens with zero attached hydrogens (tertiary/aromatic N) is 3. The van der Waals surface area contributed by atoms with Gasteiger partial charge in [0.1, 0.15) is 18.1 Å². The first-order valence-electron chi connectivity index (χ1n) is 20.7. The number of amides is 5. The summed E-state index contributed by atoms with van der Waals surface area (Å²) in [6, 6.07) is 16.1. The number of ketones is 1. The summed E-state index contributed by atoms with van der Waals surface area (Å²) in [5.41, 5.74) is 1.99. The molecule has 1 aliphatic heterocycles. The number of hydrogen-bond donors (Lipinski definition) is 4. The molecular formula is C44H57N7O8. The third-order valence-electron chi connectivity index (χ3n) is 10.5. The first kappa shape index (κ1) is 44.4. The highest BCUT2D eigenvalue weighted by molar-refractivity contribution is 6.38. The topological polar surface area (TPSA) is 198 Å². The van der Waals surface area contributed by atoms with E-state index in [9.17, 15) is 28.8 Å². The SMILES string of the molecule is CCCC(NC(=O)[C@@H]1C[C@@H](OCc2ccccc2)CN1C(=O)[C@@H](NC(=O)OCC(C)C)C1CCCCC1)C(=O)C(=O)NCC(=O)NC(c1ccccn1)c1ccccn1. The van der Waals surface area contributed by atoms with Gasteiger partial charge in [0.2, 0.25) is 23.5 Å². The van der Waals surface area contributed by atoms with Crippen LogP contribution in [0.25, 0.3) is 0 Å². The molecule has 2 fully saturated rings. The van der Waals surface area contributed by atoms with E-state index in [1.54, 1.807) is 48.8 Å². The highest BCUT2D eigenvalue weighted by Gasteiger charge is 2.45. The first-order valence-corrected chi connectivity index (χ1v) is 20.7. The van der Waals surface area contributed by atoms with Crippen LogP contribution < -0.4 is 21.3 Å². The zero-order chi connectivity index (χ0) is 42.1. The van der Waals surface area contributed by atoms with Crippen molar-refractivity contribution < 1.29 is 38.2 Å². The van der Waals surface area contributed by atoms with E-state index in [1.807, 2.05) is 51.1 Å². The predicted octanol–water partition coefficient (Wildman–Crippen LogP) is 4.17. The minimum absolute atomic E-state index is 0.0790. The normalized spacial score (nSPS) is 17.8. The van der Waals surface area contributed by atoms with Crippen molar-refractivity contribution in [3.63, 3.8) is 0 Å². The van der Waals surface area contributed by atoms with E-state index >= 15 is 0 Å². The minimum Gasteiger partial charge on any atom is -0.449 e. The number of nitrogens with one attached hydrogen (secondary N) is 4. The Balaban J connectivity index is 1.28. The van der Waals surface area contributed by atoms with Crippen LogP contribution in [0, 0.1) is 11.8 Å². The largest absolute Gasteiger partial charge is 0.449 e. The Labute approximate surface area is 345 Å². The number of aromatic nitrogens is 2. The Hall–Kier alpha value is -5.70. The highest BCUT2D eigenvalue weighted by atomic mass is 16.5. The lowest BCUT2D eigenvalue weighted by molar-refractivity contribution is -0.143. The molecule has 2 aromatic heterocycles. The number of ether oxygens (including phenoxy) is 2. The number of likely N-dealkylation sites (tertiary alicyclic amines) is 1. The molecule has 3 heterocycles. The number of alkyl carbamates (subject to hydrolysis) is 1. The number of benzene rings is 1. The second kappa shape index (κ2) is 22.4. The lowest BCUT2D eigenvalue weighted by atomic mass is 9.83. The molecule has 5 rings (SSSR count). The van der Waals surface area contributed by atoms with Gasteiger partial charge in [-0.1, -0.05) is 88.9 Å². The molecule has 0 spiro atoms. The van der Waals surface area contributed by atoms with Crippen LogP contribution in [-0.2, 0) is 40.1 Å². The quantitative estimate of drug-likeness (QED) is 0.128. The third kappa shape index (κ3) is 13.2. The number of carbonyl (C=O) groups excluding carboxylic acids is 6. The Morgan fingerprint density at radius 3 is 2.10 bits per heavy atom. The van der Waals surface area contributed by atoms with Crippen LogP contribution >= 0.6 is 0 Å². The molecule has 59 heavy (non-hydrogen) atoms. The lowest BCUT2D eigenvalue weighted by Gasteiger charge is -2.34. The van der Waals surface area contributed by atoms with Gasteiger partial charge in [-0.2, -0.15) is 0 Å². The van der Waals surface area contributed by atoms with Crippen molar-refractivity contribution >= 4 is 35.5 Å². The fourth-order valence-corrected chi connectivity index (χ4v) is 7.47. The van der Waals surface area contributed by atoms with Gasteiger partial charge in [-0.25, -0.2) is 4.79 Å². The second-order valence-electron chi connectivity index (χ2n) is 15.6. The van der Waals surface area contributed by atoms with Gasteiger partial charge >= 0.3 is 6.09 Å². The van der Waals surface area contributed by atoms with Crippen LogP contribution in [0.15, 0.2) is 79.1 Å². The summed E-state index contributed by atoms with van der Waals surface area (Å²) < 4.78 is 11.6. The number of Topliss-reactive ketones (excluding diaryl/α,β-unsaturated/α-hetero) is 1. The highest BCUT2D eigenvalue weighted by Crippen LogP contribution is 2.30. The molecule has 316 valence electrons. The molecule has 1 saturated heterocycles. The standard InChI is InChI=1S/C44H57N7O8/c1-4-15-35(40(53)42(55)47-25-37(52)49-39(33-20-11-13-22-45-33)34-21-12-14-23-46-34)48-41(54)36-24-32(58-28-30-16-7-5-8-17-30)26-51(36)43(56)38(31-18-9-6-10-19-31)50-44(57)59-27-29(2)3/h5,7-8,11-14,16-17,20-23,29,31-32,35-36,38-39H,4,6,9-10,15,18-19,24-28H2,1-3H3,(H,47,55)(H,48,54)(H,49,52)(H,50,57)/t32-,35?,36+,38+/m1/s1. The van der Waals surface area contributed by atoms with Gasteiger partial charge in [-0.3, -0.25) is 33.9 Å². The number of hydrogen-bond acceptors (Lipinski definition) is 10. The number of rotatable bonds is 19. The summed E-state index contributed by atoms with van der Waals surface area (Å²) in [5, 5.41) is 10.8. The van der Waals surface area contributed by atoms with Gasteiger partial charge in [0, 0.05) is 25.4 Å². The molecule has 0 radical (unpaired) electrons. The van der Waals surface area contributed by atoms with Crippen molar-refractivity contribution in [3.8, 4) is 0 Å². The fourth-order valence-electron chi connectivity index (χ4n) is 7.47. The number of carbonyl (C=O) groups is 6. The van der Waals surface area contributed by atoms with Crippen molar-refractivity contribution in [1.29, 1.82) is 0 Å². The van der Waals surface area contributed by atoms with Crippen molar-refractivity contribution in [3.05, 3.63) is 96.1 Å². The van der Waals surface area contributed by atoms with E-state index in [1.165, 1.54) is 4.90 Å². The maximum atomic E-state index is 14.6. The molecule has 1 aliphatic carbocycles. The Bertz CT molecular complexity index is 1800. The Kier molecular flexibility index (Phi) is 16.9. The average Bonchev–Trinajstić information content (AvgIpc) is 3.70. The summed E-state index contributed by atoms with van der Waals surface area (Å²) >= 11 is 0. The van der Waals surface area contributed by atoms with Gasteiger partial charge in [0.05, 0.1) is 43.3 Å². The summed E-state index contributed by atoms with van der Waals surface area (Å²) in [4.78, 5) is 91.8. The van der Waals surface area contributed by atoms with Crippen LogP contribution in [0.3, 0.4) is 0 Å². The van der Waals surface area contributed by atoms with E-state index in [-0.39, 0.29) is 44.4 Å². The lowest BCUT2D eigenvalue weighted by Crippen LogP contribution is -2.58. The second-order valence-corrected chi connectivity index (χ2v) is 15.6. The smallest absolute Gasteiger partial charge is 0.407 e. The zero-order valence-electron chi connectivity index (χ0n) is 34.1. The fraction of sp³-hybridized carbons (Fsp3) is 0.500. The van der Waals surface area contributed by atoms with Gasteiger partial charge in [0.15, 0.2) is 0 Å². The van der Waals surface area contributed by atoms with Crippen molar-refractivity contribution in [2.75, 3.05) is 19.7 Å². The first-order chi connectivity index (χ1) is 28.5. The molecule has 1 saturated carbocycles. The van der Waals surface area contributed by atoms with Gasteiger partial charge in [0.25, 0.3) is 5.91 Å². The maximum absolute atomic E-state index is 14.6. The van der Waals surface area contributed by atoms with Crippen LogP contribution in [0.4, 0.5) is 4.79 Å². The third-order valence-corrected chi connectivity index (χ3v) is 10.5. The van der Waals surface area contributed by atoms with Gasteiger partial charge in [-0.05, 0) is 60.9 Å². The molecule has 5 amide bonds. The van der Waals surface area contributed by atoms with Crippen molar-refractivity contribution in [2.45, 2.75) is 109 Å². The van der Waals surface area contributed by atoms with Crippen molar-refractivity contribution in [2.24, 2.45) is 11.8 Å². The van der Waals surface area contributed by atoms with Crippen LogP contribution in [0.2, 0.25) is 0 Å². The Morgan fingerprint density at radius 1 is 0.831 bits per heavy atom. The van der Waals surface area contributed by atoms with E-state index in [0.29, 0.717) is 17.8 Å². The minimum atomic E-state index is -1.23. The molecule has 15 nitrogen and oxygen atoms in total. The van der Waals surface area contributed by atoms with E-state index in [4.69, 9.17) is 9.47 Å². The molecule has 1 unspecified atom stereocenters. The van der Waals surface area contributed by atoms with Crippen LogP contribution in [0.5, 0.6) is 0 Å². The summed E-state index contributed by atoms with van der Waals surface area (Å²) in [6.07, 6.45) is 6.97. The Morgan fingerprint density at radius 2 is 1.49 bits per heavy atom. The van der Waals surface area contributed by atoms with Crippen LogP contribution in [-0.4, -0.2) is 94.3 Å². The van der Waals surface area contributed by atoms with Crippen LogP contribution in [0.1, 0.15) is 95.1 Å². The molecule has 15 heteroatoms.